The van der Waals surface area contributed by atoms with Gasteiger partial charge in [0.05, 0.1) is 28.4 Å². The van der Waals surface area contributed by atoms with Crippen LogP contribution >= 0.6 is 23.4 Å². The zero-order valence-electron chi connectivity index (χ0n) is 17.9. The highest BCUT2D eigenvalue weighted by molar-refractivity contribution is 8.22. The van der Waals surface area contributed by atoms with Gasteiger partial charge < -0.3 is 4.74 Å². The quantitative estimate of drug-likeness (QED) is 0.473. The highest BCUT2D eigenvalue weighted by Crippen LogP contribution is 2.36. The highest BCUT2D eigenvalue weighted by atomic mass is 35.5. The molecule has 170 valence electrons. The van der Waals surface area contributed by atoms with Crippen molar-refractivity contribution in [1.82, 2.24) is 9.78 Å². The first-order valence-electron chi connectivity index (χ1n) is 9.94. The minimum Gasteiger partial charge on any atom is -0.464 e. The lowest BCUT2D eigenvalue weighted by Gasteiger charge is -2.12. The number of thioether (sulfide) groups is 1. The van der Waals surface area contributed by atoms with Gasteiger partial charge in [0.1, 0.15) is 5.04 Å². The van der Waals surface area contributed by atoms with E-state index in [9.17, 15) is 13.2 Å². The molecule has 1 aliphatic heterocycles. The second-order valence-electron chi connectivity index (χ2n) is 7.22. The molecular formula is C23H20ClN3O4S2. The molecule has 0 N–H and O–H groups in total. The van der Waals surface area contributed by atoms with E-state index in [0.29, 0.717) is 40.0 Å². The molecule has 0 atom stereocenters. The largest absolute Gasteiger partial charge is 0.464 e. The molecule has 0 aliphatic carbocycles. The van der Waals surface area contributed by atoms with Crippen molar-refractivity contribution in [2.45, 2.75) is 11.3 Å². The summed E-state index contributed by atoms with van der Waals surface area (Å²) in [5.74, 6) is -0.559. The van der Waals surface area contributed by atoms with Crippen molar-refractivity contribution in [3.8, 4) is 5.69 Å². The van der Waals surface area contributed by atoms with Crippen LogP contribution in [-0.4, -0.2) is 49.1 Å². The number of methoxy groups -OCH3 is 1. The third kappa shape index (κ3) is 5.05. The van der Waals surface area contributed by atoms with Crippen molar-refractivity contribution in [2.75, 3.05) is 19.9 Å². The minimum absolute atomic E-state index is 0.149. The number of aliphatic imine (C=N–C) groups is 1. The number of aromatic nitrogens is 2. The normalized spacial score (nSPS) is 14.3. The van der Waals surface area contributed by atoms with Gasteiger partial charge in [-0.2, -0.15) is 5.10 Å². The van der Waals surface area contributed by atoms with Crippen molar-refractivity contribution >= 4 is 49.1 Å². The van der Waals surface area contributed by atoms with Crippen molar-refractivity contribution < 1.29 is 17.9 Å². The van der Waals surface area contributed by atoms with Gasteiger partial charge in [0, 0.05) is 23.3 Å². The maximum absolute atomic E-state index is 12.2. The van der Waals surface area contributed by atoms with E-state index in [2.05, 4.69) is 10.1 Å². The van der Waals surface area contributed by atoms with Crippen LogP contribution in [-0.2, 0) is 14.6 Å². The van der Waals surface area contributed by atoms with Gasteiger partial charge in [-0.1, -0.05) is 53.7 Å². The lowest BCUT2D eigenvalue weighted by atomic mass is 10.2. The van der Waals surface area contributed by atoms with Crippen molar-refractivity contribution in [2.24, 2.45) is 4.99 Å². The number of ether oxygens (including phenoxy) is 1. The molecule has 4 rings (SSSR count). The molecule has 0 unspecified atom stereocenters. The summed E-state index contributed by atoms with van der Waals surface area (Å²) in [7, 11) is -2.05. The average molecular weight is 502 g/mol. The monoisotopic (exact) mass is 501 g/mol. The van der Waals surface area contributed by atoms with E-state index >= 15 is 0 Å². The fraction of sp³-hybridized carbons (Fsp3) is 0.174. The molecule has 1 aromatic heterocycles. The minimum atomic E-state index is -3.35. The van der Waals surface area contributed by atoms with Gasteiger partial charge in [-0.3, -0.25) is 4.99 Å². The van der Waals surface area contributed by atoms with Crippen LogP contribution in [0.3, 0.4) is 0 Å². The molecule has 0 fully saturated rings. The number of benzene rings is 2. The van der Waals surface area contributed by atoms with Gasteiger partial charge in [0.15, 0.2) is 15.5 Å². The summed E-state index contributed by atoms with van der Waals surface area (Å²) < 4.78 is 30.5. The number of para-hydroxylation sites is 1. The SMILES string of the molecule is COC(=O)c1cc(C2=CCCN=C(c3cccc(S(C)(=O)=O)c3)S2)n(-c2ccccc2Cl)n1. The predicted molar refractivity (Wildman–Crippen MR) is 131 cm³/mol. The third-order valence-corrected chi connectivity index (χ3v) is 7.45. The first-order valence-corrected chi connectivity index (χ1v) is 13.0. The first-order chi connectivity index (χ1) is 15.8. The summed E-state index contributed by atoms with van der Waals surface area (Å²) in [4.78, 5) is 17.9. The maximum Gasteiger partial charge on any atom is 0.358 e. The van der Waals surface area contributed by atoms with Crippen molar-refractivity contribution in [1.29, 1.82) is 0 Å². The average Bonchev–Trinajstić information content (AvgIpc) is 3.09. The number of carbonyl (C=O) groups excluding carboxylic acids is 1. The van der Waals surface area contributed by atoms with Gasteiger partial charge in [-0.05, 0) is 36.8 Å². The predicted octanol–water partition coefficient (Wildman–Crippen LogP) is 4.64. The van der Waals surface area contributed by atoms with E-state index in [4.69, 9.17) is 16.3 Å². The summed E-state index contributed by atoms with van der Waals surface area (Å²) in [6.45, 7) is 0.541. The number of hydrogen-bond acceptors (Lipinski definition) is 7. The van der Waals surface area contributed by atoms with Crippen LogP contribution < -0.4 is 0 Å². The topological polar surface area (TPSA) is 90.6 Å². The van der Waals surface area contributed by atoms with Crippen LogP contribution in [0.2, 0.25) is 5.02 Å². The number of halogens is 1. The first kappa shape index (κ1) is 23.3. The van der Waals surface area contributed by atoms with Crippen LogP contribution in [0.25, 0.3) is 10.6 Å². The van der Waals surface area contributed by atoms with Crippen LogP contribution in [0.15, 0.2) is 70.6 Å². The third-order valence-electron chi connectivity index (χ3n) is 4.87. The highest BCUT2D eigenvalue weighted by Gasteiger charge is 2.23. The Morgan fingerprint density at radius 2 is 1.94 bits per heavy atom. The van der Waals surface area contributed by atoms with E-state index in [1.807, 2.05) is 30.3 Å². The van der Waals surface area contributed by atoms with E-state index in [1.165, 1.54) is 25.1 Å². The number of rotatable bonds is 5. The Bertz CT molecular complexity index is 1390. The molecule has 0 amide bonds. The van der Waals surface area contributed by atoms with Gasteiger partial charge in [-0.15, -0.1) is 0 Å². The molecule has 0 bridgehead atoms. The summed E-state index contributed by atoms with van der Waals surface area (Å²) in [6, 6.07) is 15.6. The van der Waals surface area contributed by atoms with Crippen LogP contribution in [0.4, 0.5) is 0 Å². The Hall–Kier alpha value is -2.88. The maximum atomic E-state index is 12.2. The molecule has 1 aliphatic rings. The zero-order chi connectivity index (χ0) is 23.6. The van der Waals surface area contributed by atoms with Gasteiger partial charge >= 0.3 is 5.97 Å². The fourth-order valence-corrected chi connectivity index (χ4v) is 5.22. The number of sulfone groups is 1. The van der Waals surface area contributed by atoms with Gasteiger partial charge in [0.25, 0.3) is 0 Å². The Balaban J connectivity index is 1.79. The van der Waals surface area contributed by atoms with Crippen molar-refractivity contribution in [3.63, 3.8) is 0 Å². The van der Waals surface area contributed by atoms with Crippen LogP contribution in [0.5, 0.6) is 0 Å². The molecule has 2 heterocycles. The molecule has 7 nitrogen and oxygen atoms in total. The molecule has 0 spiro atoms. The summed E-state index contributed by atoms with van der Waals surface area (Å²) in [5, 5.41) is 5.60. The smallest absolute Gasteiger partial charge is 0.358 e. The van der Waals surface area contributed by atoms with Crippen LogP contribution in [0.1, 0.15) is 28.2 Å². The Kier molecular flexibility index (Phi) is 6.73. The summed E-state index contributed by atoms with van der Waals surface area (Å²) >= 11 is 7.81. The van der Waals surface area contributed by atoms with E-state index in [0.717, 1.165) is 4.91 Å². The lowest BCUT2D eigenvalue weighted by molar-refractivity contribution is 0.0593. The molecule has 2 aromatic carbocycles. The fourth-order valence-electron chi connectivity index (χ4n) is 3.27. The van der Waals surface area contributed by atoms with Crippen LogP contribution in [0, 0.1) is 0 Å². The molecular weight excluding hydrogens is 482 g/mol. The molecule has 0 saturated carbocycles. The van der Waals surface area contributed by atoms with E-state index < -0.39 is 15.8 Å². The number of hydrogen-bond donors (Lipinski definition) is 0. The zero-order valence-corrected chi connectivity index (χ0v) is 20.2. The number of nitrogens with zero attached hydrogens (tertiary/aromatic N) is 3. The number of esters is 1. The van der Waals surface area contributed by atoms with Crippen molar-refractivity contribution in [3.05, 3.63) is 82.6 Å². The standard InChI is InChI=1S/C23H20ClN3O4S2/c1-31-23(28)18-14-20(27(26-18)19-10-4-3-9-17(19)24)21-11-6-12-25-22(32-21)15-7-5-8-16(13-15)33(2,29)30/h3-5,7-11,13-14H,6,12H2,1-2H3. The summed E-state index contributed by atoms with van der Waals surface area (Å²) in [6.07, 6.45) is 3.86. The molecule has 3 aromatic rings. The summed E-state index contributed by atoms with van der Waals surface area (Å²) in [5.41, 5.74) is 2.12. The second-order valence-corrected chi connectivity index (χ2v) is 10.7. The Morgan fingerprint density at radius 3 is 2.67 bits per heavy atom. The molecule has 0 saturated heterocycles. The Labute approximate surface area is 201 Å². The second kappa shape index (κ2) is 9.54. The lowest BCUT2D eigenvalue weighted by Crippen LogP contribution is -2.06. The Morgan fingerprint density at radius 1 is 1.15 bits per heavy atom. The number of carbonyl (C=O) groups is 1. The van der Waals surface area contributed by atoms with Gasteiger partial charge in [-0.25, -0.2) is 17.9 Å². The molecule has 10 heteroatoms. The van der Waals surface area contributed by atoms with Gasteiger partial charge in [0.2, 0.25) is 0 Å². The van der Waals surface area contributed by atoms with E-state index in [1.54, 1.807) is 35.0 Å². The molecule has 33 heavy (non-hydrogen) atoms. The van der Waals surface area contributed by atoms with E-state index in [-0.39, 0.29) is 10.6 Å². The molecule has 0 radical (unpaired) electrons.